The van der Waals surface area contributed by atoms with Crippen LogP contribution in [0.25, 0.3) is 11.5 Å². The molecule has 2 heterocycles. The molecule has 4 rings (SSSR count). The summed E-state index contributed by atoms with van der Waals surface area (Å²) in [5.41, 5.74) is 4.72. The lowest BCUT2D eigenvalue weighted by Gasteiger charge is -2.22. The van der Waals surface area contributed by atoms with Gasteiger partial charge in [0.15, 0.2) is 0 Å². The number of hydrogen-bond acceptors (Lipinski definition) is 6. The normalized spacial score (nSPS) is 13.1. The summed E-state index contributed by atoms with van der Waals surface area (Å²) in [6, 6.07) is 12.8. The first-order valence-electron chi connectivity index (χ1n) is 11.1. The monoisotopic (exact) mass is 448 g/mol. The van der Waals surface area contributed by atoms with Gasteiger partial charge in [-0.05, 0) is 50.1 Å². The first-order valence-corrected chi connectivity index (χ1v) is 11.1. The number of rotatable bonds is 7. The predicted molar refractivity (Wildman–Crippen MR) is 127 cm³/mol. The van der Waals surface area contributed by atoms with Gasteiger partial charge in [-0.1, -0.05) is 17.7 Å². The maximum Gasteiger partial charge on any atom is 0.337 e. The zero-order chi connectivity index (χ0) is 23.2. The Morgan fingerprint density at radius 3 is 2.61 bits per heavy atom. The first-order chi connectivity index (χ1) is 16.0. The SMILES string of the molecule is COC(=O)c1ccc(N2CCCC2)c(NC(=O)NCCc2coc(-c3ccc(C)cc3)n2)c1. The first kappa shape index (κ1) is 22.4. The molecule has 1 saturated heterocycles. The van der Waals surface area contributed by atoms with E-state index in [9.17, 15) is 9.59 Å². The van der Waals surface area contributed by atoms with Crippen LogP contribution in [0.4, 0.5) is 16.2 Å². The van der Waals surface area contributed by atoms with Gasteiger partial charge < -0.3 is 24.7 Å². The Kier molecular flexibility index (Phi) is 6.92. The van der Waals surface area contributed by atoms with Crippen LogP contribution < -0.4 is 15.5 Å². The highest BCUT2D eigenvalue weighted by Crippen LogP contribution is 2.30. The quantitative estimate of drug-likeness (QED) is 0.520. The number of ether oxygens (including phenoxy) is 1. The van der Waals surface area contributed by atoms with Crippen LogP contribution in [-0.2, 0) is 11.2 Å². The molecule has 1 fully saturated rings. The van der Waals surface area contributed by atoms with E-state index in [1.165, 1.54) is 12.7 Å². The molecular weight excluding hydrogens is 420 g/mol. The average molecular weight is 449 g/mol. The van der Waals surface area contributed by atoms with E-state index < -0.39 is 5.97 Å². The maximum atomic E-state index is 12.6. The van der Waals surface area contributed by atoms with Gasteiger partial charge in [-0.25, -0.2) is 14.6 Å². The van der Waals surface area contributed by atoms with Gasteiger partial charge in [-0.15, -0.1) is 0 Å². The van der Waals surface area contributed by atoms with Gasteiger partial charge >= 0.3 is 12.0 Å². The number of amides is 2. The zero-order valence-corrected chi connectivity index (χ0v) is 18.9. The Bertz CT molecular complexity index is 1120. The van der Waals surface area contributed by atoms with Crippen molar-refractivity contribution in [3.63, 3.8) is 0 Å². The molecule has 0 aliphatic carbocycles. The highest BCUT2D eigenvalue weighted by Gasteiger charge is 2.19. The predicted octanol–water partition coefficient (Wildman–Crippen LogP) is 4.40. The van der Waals surface area contributed by atoms with Crippen LogP contribution in [-0.4, -0.2) is 43.7 Å². The molecule has 2 amide bonds. The second-order valence-corrected chi connectivity index (χ2v) is 8.06. The van der Waals surface area contributed by atoms with Crippen LogP contribution in [0.15, 0.2) is 53.1 Å². The number of urea groups is 1. The van der Waals surface area contributed by atoms with Gasteiger partial charge in [-0.3, -0.25) is 0 Å². The third-order valence-corrected chi connectivity index (χ3v) is 5.63. The van der Waals surface area contributed by atoms with Gasteiger partial charge in [-0.2, -0.15) is 0 Å². The molecule has 1 aliphatic heterocycles. The van der Waals surface area contributed by atoms with Gasteiger partial charge in [0.2, 0.25) is 5.89 Å². The highest BCUT2D eigenvalue weighted by atomic mass is 16.5. The lowest BCUT2D eigenvalue weighted by Crippen LogP contribution is -2.31. The number of nitrogens with zero attached hydrogens (tertiary/aromatic N) is 2. The van der Waals surface area contributed by atoms with Crippen LogP contribution in [0.3, 0.4) is 0 Å². The molecule has 2 N–H and O–H groups in total. The molecule has 1 aromatic heterocycles. The Hall–Kier alpha value is -3.81. The van der Waals surface area contributed by atoms with E-state index in [-0.39, 0.29) is 6.03 Å². The summed E-state index contributed by atoms with van der Waals surface area (Å²) in [6.07, 6.45) is 4.35. The summed E-state index contributed by atoms with van der Waals surface area (Å²) in [5.74, 6) is 0.117. The lowest BCUT2D eigenvalue weighted by atomic mass is 10.1. The van der Waals surface area contributed by atoms with E-state index in [1.807, 2.05) is 37.3 Å². The Morgan fingerprint density at radius 1 is 1.12 bits per heavy atom. The molecule has 33 heavy (non-hydrogen) atoms. The number of benzene rings is 2. The number of carbonyl (C=O) groups excluding carboxylic acids is 2. The molecule has 8 heteroatoms. The highest BCUT2D eigenvalue weighted by molar-refractivity contribution is 5.97. The second kappa shape index (κ2) is 10.2. The number of anilines is 2. The molecule has 2 aromatic carbocycles. The van der Waals surface area contributed by atoms with Gasteiger partial charge in [0, 0.05) is 31.6 Å². The number of aryl methyl sites for hydroxylation is 1. The van der Waals surface area contributed by atoms with Crippen molar-refractivity contribution < 1.29 is 18.7 Å². The number of oxazole rings is 1. The van der Waals surface area contributed by atoms with Crippen LogP contribution in [0.5, 0.6) is 0 Å². The summed E-state index contributed by atoms with van der Waals surface area (Å²) in [4.78, 5) is 31.2. The minimum atomic E-state index is -0.443. The minimum absolute atomic E-state index is 0.347. The van der Waals surface area contributed by atoms with Crippen molar-refractivity contribution in [2.75, 3.05) is 37.0 Å². The van der Waals surface area contributed by atoms with Crippen LogP contribution >= 0.6 is 0 Å². The smallest absolute Gasteiger partial charge is 0.337 e. The van der Waals surface area contributed by atoms with Crippen molar-refractivity contribution >= 4 is 23.4 Å². The molecule has 0 bridgehead atoms. The fraction of sp³-hybridized carbons (Fsp3) is 0.320. The van der Waals surface area contributed by atoms with E-state index in [0.29, 0.717) is 30.1 Å². The van der Waals surface area contributed by atoms with Gasteiger partial charge in [0.05, 0.1) is 29.7 Å². The fourth-order valence-corrected chi connectivity index (χ4v) is 3.84. The van der Waals surface area contributed by atoms with Crippen molar-refractivity contribution in [3.05, 3.63) is 65.5 Å². The van der Waals surface area contributed by atoms with Crippen LogP contribution in [0, 0.1) is 6.92 Å². The maximum absolute atomic E-state index is 12.6. The number of aromatic nitrogens is 1. The Balaban J connectivity index is 1.36. The molecule has 8 nitrogen and oxygen atoms in total. The summed E-state index contributed by atoms with van der Waals surface area (Å²) < 4.78 is 10.4. The number of carbonyl (C=O) groups is 2. The molecule has 172 valence electrons. The largest absolute Gasteiger partial charge is 0.465 e. The number of esters is 1. The molecule has 3 aromatic rings. The van der Waals surface area contributed by atoms with Crippen molar-refractivity contribution in [1.29, 1.82) is 0 Å². The van der Waals surface area contributed by atoms with E-state index in [1.54, 1.807) is 18.4 Å². The standard InChI is InChI=1S/C25H28N4O4/c1-17-5-7-18(8-6-17)23-27-20(16-33-23)11-12-26-25(31)28-21-15-19(24(30)32-2)9-10-22(21)29-13-3-4-14-29/h5-10,15-16H,3-4,11-14H2,1-2H3,(H2,26,28,31). The van der Waals surface area contributed by atoms with Gasteiger partial charge in [0.1, 0.15) is 6.26 Å². The topological polar surface area (TPSA) is 96.7 Å². The van der Waals surface area contributed by atoms with E-state index in [0.717, 1.165) is 42.9 Å². The Labute approximate surface area is 192 Å². The Morgan fingerprint density at radius 2 is 1.88 bits per heavy atom. The van der Waals surface area contributed by atoms with Crippen molar-refractivity contribution in [2.24, 2.45) is 0 Å². The molecule has 1 aliphatic rings. The molecule has 0 spiro atoms. The lowest BCUT2D eigenvalue weighted by molar-refractivity contribution is 0.0600. The van der Waals surface area contributed by atoms with Crippen LogP contribution in [0.2, 0.25) is 0 Å². The summed E-state index contributed by atoms with van der Waals surface area (Å²) >= 11 is 0. The van der Waals surface area contributed by atoms with E-state index in [4.69, 9.17) is 9.15 Å². The fourth-order valence-electron chi connectivity index (χ4n) is 3.84. The average Bonchev–Trinajstić information content (AvgIpc) is 3.52. The van der Waals surface area contributed by atoms with E-state index in [2.05, 4.69) is 20.5 Å². The minimum Gasteiger partial charge on any atom is -0.465 e. The van der Waals surface area contributed by atoms with Crippen molar-refractivity contribution in [1.82, 2.24) is 10.3 Å². The summed E-state index contributed by atoms with van der Waals surface area (Å²) in [7, 11) is 1.34. The third-order valence-electron chi connectivity index (χ3n) is 5.63. The molecule has 0 atom stereocenters. The zero-order valence-electron chi connectivity index (χ0n) is 18.9. The summed E-state index contributed by atoms with van der Waals surface area (Å²) in [6.45, 7) is 4.26. The van der Waals surface area contributed by atoms with Crippen LogP contribution in [0.1, 0.15) is 34.5 Å². The second-order valence-electron chi connectivity index (χ2n) is 8.06. The van der Waals surface area contributed by atoms with E-state index >= 15 is 0 Å². The van der Waals surface area contributed by atoms with Crippen molar-refractivity contribution in [3.8, 4) is 11.5 Å². The third kappa shape index (κ3) is 5.52. The molecular formula is C25H28N4O4. The summed E-state index contributed by atoms with van der Waals surface area (Å²) in [5, 5.41) is 5.74. The molecule has 0 saturated carbocycles. The molecule has 0 radical (unpaired) electrons. The van der Waals surface area contributed by atoms with Crippen molar-refractivity contribution in [2.45, 2.75) is 26.2 Å². The van der Waals surface area contributed by atoms with Gasteiger partial charge in [0.25, 0.3) is 0 Å². The molecule has 0 unspecified atom stereocenters. The number of methoxy groups -OCH3 is 1. The number of nitrogens with one attached hydrogen (secondary N) is 2. The number of hydrogen-bond donors (Lipinski definition) is 2.